The molecule has 0 spiro atoms. The minimum absolute atomic E-state index is 0.0853. The van der Waals surface area contributed by atoms with Gasteiger partial charge in [-0.15, -0.1) is 0 Å². The molecule has 0 amide bonds. The summed E-state index contributed by atoms with van der Waals surface area (Å²) in [7, 11) is -9.93. The molecule has 6 atom stereocenters. The van der Waals surface area contributed by atoms with Crippen LogP contribution in [-0.2, 0) is 65.4 Å². The van der Waals surface area contributed by atoms with Crippen LogP contribution < -0.4 is 0 Å². The number of unbranched alkanes of at least 4 members (excludes halogenated alkanes) is 45. The first-order valence-electron chi connectivity index (χ1n) is 41.8. The van der Waals surface area contributed by atoms with Gasteiger partial charge in [-0.1, -0.05) is 355 Å². The molecule has 19 heteroatoms. The van der Waals surface area contributed by atoms with Crippen molar-refractivity contribution < 1.29 is 80.2 Å². The van der Waals surface area contributed by atoms with Gasteiger partial charge in [-0.25, -0.2) is 9.13 Å². The zero-order chi connectivity index (χ0) is 74.2. The number of aliphatic hydroxyl groups excluding tert-OH is 1. The summed E-state index contributed by atoms with van der Waals surface area (Å²) in [5.74, 6) is -0.488. The zero-order valence-electron chi connectivity index (χ0n) is 65.7. The van der Waals surface area contributed by atoms with Gasteiger partial charge < -0.3 is 33.8 Å². The quantitative estimate of drug-likeness (QED) is 0.0169. The van der Waals surface area contributed by atoms with Crippen LogP contribution in [0.25, 0.3) is 0 Å². The maximum absolute atomic E-state index is 13.1. The number of carbonyl (C=O) groups is 4. The van der Waals surface area contributed by atoms with Crippen LogP contribution >= 0.6 is 15.6 Å². The van der Waals surface area contributed by atoms with Crippen molar-refractivity contribution in [2.75, 3.05) is 39.6 Å². The molecule has 3 N–H and O–H groups in total. The average molecular weight is 1480 g/mol. The Kier molecular flexibility index (Phi) is 71.3. The lowest BCUT2D eigenvalue weighted by atomic mass is 9.99. The number of ether oxygens (including phenoxy) is 4. The molecule has 0 heterocycles. The molecule has 596 valence electrons. The van der Waals surface area contributed by atoms with E-state index in [9.17, 15) is 43.2 Å². The first kappa shape index (κ1) is 98.5. The van der Waals surface area contributed by atoms with Crippen molar-refractivity contribution in [1.29, 1.82) is 0 Å². The lowest BCUT2D eigenvalue weighted by Crippen LogP contribution is -2.30. The van der Waals surface area contributed by atoms with Gasteiger partial charge in [0.15, 0.2) is 12.2 Å². The lowest BCUT2D eigenvalue weighted by Gasteiger charge is -2.21. The smallest absolute Gasteiger partial charge is 0.462 e. The molecule has 0 saturated carbocycles. The van der Waals surface area contributed by atoms with E-state index in [0.717, 1.165) is 115 Å². The second-order valence-corrected chi connectivity index (χ2v) is 32.5. The standard InChI is InChI=1S/C82H156O17P2/c1-7-10-12-14-16-18-20-21-23-31-36-42-48-54-60-66-81(86)98-77(70-92-79(84)64-58-52-46-40-19-17-15-13-11-8-2)72-96-100(88,89)94-68-76(83)69-95-101(90,91)97-73-78(99-82(87)67-61-55-49-43-37-32-25-22-24-28-33-38-44-50-56-62-74(4)5)71-93-80(85)65-59-53-47-41-35-30-27-26-29-34-39-45-51-57-63-75(6)9-3/h18,20-21,23,74-78,83H,7-17,19,22,24-73H2,1-6H3,(H,88,89)(H,90,91)/b20-18-,23-21-/t75?,76-,77+,78+/m0/s1. The Morgan fingerprint density at radius 2 is 0.584 bits per heavy atom. The molecule has 0 aliphatic carbocycles. The van der Waals surface area contributed by atoms with E-state index < -0.39 is 97.5 Å². The third-order valence-electron chi connectivity index (χ3n) is 18.9. The van der Waals surface area contributed by atoms with Crippen LogP contribution in [0.1, 0.15) is 408 Å². The molecule has 0 aliphatic heterocycles. The van der Waals surface area contributed by atoms with Gasteiger partial charge >= 0.3 is 39.5 Å². The largest absolute Gasteiger partial charge is 0.472 e. The molecular formula is C82H156O17P2. The molecule has 0 aliphatic rings. The number of hydrogen-bond acceptors (Lipinski definition) is 15. The Hall–Kier alpha value is -2.46. The minimum atomic E-state index is -4.97. The summed E-state index contributed by atoms with van der Waals surface area (Å²) in [5, 5.41) is 10.6. The van der Waals surface area contributed by atoms with E-state index in [2.05, 4.69) is 65.8 Å². The zero-order valence-corrected chi connectivity index (χ0v) is 67.5. The van der Waals surface area contributed by atoms with Crippen molar-refractivity contribution >= 4 is 39.5 Å². The highest BCUT2D eigenvalue weighted by Gasteiger charge is 2.30. The summed E-state index contributed by atoms with van der Waals surface area (Å²) in [6.45, 7) is 9.65. The molecule has 0 rings (SSSR count). The summed E-state index contributed by atoms with van der Waals surface area (Å²) in [6, 6.07) is 0. The second-order valence-electron chi connectivity index (χ2n) is 29.5. The van der Waals surface area contributed by atoms with Gasteiger partial charge in [0.2, 0.25) is 0 Å². The summed E-state index contributed by atoms with van der Waals surface area (Å²) in [6.07, 6.45) is 65.9. The van der Waals surface area contributed by atoms with Gasteiger partial charge in [0.1, 0.15) is 19.3 Å². The highest BCUT2D eigenvalue weighted by atomic mass is 31.2. The summed E-state index contributed by atoms with van der Waals surface area (Å²) >= 11 is 0. The number of hydrogen-bond donors (Lipinski definition) is 3. The van der Waals surface area contributed by atoms with Crippen molar-refractivity contribution in [2.24, 2.45) is 11.8 Å². The van der Waals surface area contributed by atoms with Gasteiger partial charge in [-0.05, 0) is 63.2 Å². The topological polar surface area (TPSA) is 237 Å². The van der Waals surface area contributed by atoms with Crippen LogP contribution in [0.5, 0.6) is 0 Å². The van der Waals surface area contributed by atoms with Gasteiger partial charge in [0.05, 0.1) is 26.4 Å². The average Bonchev–Trinajstić information content (AvgIpc) is 1.08. The van der Waals surface area contributed by atoms with Crippen molar-refractivity contribution in [1.82, 2.24) is 0 Å². The van der Waals surface area contributed by atoms with E-state index in [-0.39, 0.29) is 25.7 Å². The van der Waals surface area contributed by atoms with Gasteiger partial charge in [-0.2, -0.15) is 0 Å². The summed E-state index contributed by atoms with van der Waals surface area (Å²) < 4.78 is 68.7. The number of esters is 4. The molecule has 0 bridgehead atoms. The van der Waals surface area contributed by atoms with Crippen LogP contribution in [0.2, 0.25) is 0 Å². The Morgan fingerprint density at radius 1 is 0.327 bits per heavy atom. The van der Waals surface area contributed by atoms with E-state index >= 15 is 0 Å². The molecule has 0 aromatic rings. The fraction of sp³-hybridized carbons (Fsp3) is 0.902. The number of aliphatic hydroxyl groups is 1. The van der Waals surface area contributed by atoms with Gasteiger partial charge in [0, 0.05) is 25.7 Å². The van der Waals surface area contributed by atoms with Crippen LogP contribution in [0, 0.1) is 11.8 Å². The molecule has 101 heavy (non-hydrogen) atoms. The van der Waals surface area contributed by atoms with Crippen LogP contribution in [0.3, 0.4) is 0 Å². The van der Waals surface area contributed by atoms with Crippen LogP contribution in [0.4, 0.5) is 0 Å². The molecule has 3 unspecified atom stereocenters. The van der Waals surface area contributed by atoms with E-state index in [1.165, 1.54) is 212 Å². The lowest BCUT2D eigenvalue weighted by molar-refractivity contribution is -0.161. The van der Waals surface area contributed by atoms with Crippen LogP contribution in [0.15, 0.2) is 24.3 Å². The fourth-order valence-corrected chi connectivity index (χ4v) is 13.7. The predicted octanol–water partition coefficient (Wildman–Crippen LogP) is 24.2. The van der Waals surface area contributed by atoms with Crippen molar-refractivity contribution in [3.8, 4) is 0 Å². The Balaban J connectivity index is 5.27. The second kappa shape index (κ2) is 73.1. The van der Waals surface area contributed by atoms with Crippen molar-refractivity contribution in [3.63, 3.8) is 0 Å². The SMILES string of the molecule is CCCCCC/C=C\C=C/CCCCCCCC(=O)O[C@H](COC(=O)CCCCCCCCCCCC)COP(=O)(O)OC[C@H](O)COP(=O)(O)OC[C@@H](COC(=O)CCCCCCCCCCCCCCCCC(C)CC)OC(=O)CCCCCCCCCCCCCCCCCC(C)C. The minimum Gasteiger partial charge on any atom is -0.462 e. The maximum atomic E-state index is 13.1. The molecule has 17 nitrogen and oxygen atoms in total. The number of carbonyl (C=O) groups excluding carboxylic acids is 4. The monoisotopic (exact) mass is 1480 g/mol. The summed E-state index contributed by atoms with van der Waals surface area (Å²) in [5.41, 5.74) is 0. The molecule has 0 fully saturated rings. The fourth-order valence-electron chi connectivity index (χ4n) is 12.1. The third-order valence-corrected chi connectivity index (χ3v) is 20.8. The molecule has 0 radical (unpaired) electrons. The van der Waals surface area contributed by atoms with E-state index in [1.54, 1.807) is 0 Å². The first-order valence-corrected chi connectivity index (χ1v) is 44.8. The van der Waals surface area contributed by atoms with Crippen LogP contribution in [-0.4, -0.2) is 96.7 Å². The Morgan fingerprint density at radius 3 is 0.891 bits per heavy atom. The third kappa shape index (κ3) is 74.2. The van der Waals surface area contributed by atoms with Crippen molar-refractivity contribution in [2.45, 2.75) is 426 Å². The number of phosphoric ester groups is 2. The highest BCUT2D eigenvalue weighted by Crippen LogP contribution is 2.45. The predicted molar refractivity (Wildman–Crippen MR) is 414 cm³/mol. The normalized spacial score (nSPS) is 14.3. The van der Waals surface area contributed by atoms with E-state index in [4.69, 9.17) is 37.0 Å². The van der Waals surface area contributed by atoms with Crippen molar-refractivity contribution in [3.05, 3.63) is 24.3 Å². The van der Waals surface area contributed by atoms with Gasteiger partial charge in [-0.3, -0.25) is 37.3 Å². The maximum Gasteiger partial charge on any atom is 0.472 e. The highest BCUT2D eigenvalue weighted by molar-refractivity contribution is 7.47. The first-order chi connectivity index (χ1) is 48.9. The molecule has 0 aromatic heterocycles. The van der Waals surface area contributed by atoms with E-state index in [1.807, 2.05) is 0 Å². The molecule has 0 saturated heterocycles. The molecule has 0 aromatic carbocycles. The number of allylic oxidation sites excluding steroid dienone is 4. The summed E-state index contributed by atoms with van der Waals surface area (Å²) in [4.78, 5) is 73.0. The number of rotatable bonds is 79. The number of phosphoric acid groups is 2. The van der Waals surface area contributed by atoms with E-state index in [0.29, 0.717) is 25.7 Å². The van der Waals surface area contributed by atoms with Gasteiger partial charge in [0.25, 0.3) is 0 Å². The molecular weight excluding hydrogens is 1320 g/mol. The Bertz CT molecular complexity index is 2040. The Labute approximate surface area is 618 Å².